The lowest BCUT2D eigenvalue weighted by Crippen LogP contribution is -2.21. The minimum Gasteiger partial charge on any atom is -0.475 e. The van der Waals surface area contributed by atoms with Crippen molar-refractivity contribution in [1.29, 1.82) is 0 Å². The Morgan fingerprint density at radius 3 is 1.13 bits per heavy atom. The Morgan fingerprint density at radius 2 is 0.885 bits per heavy atom. The molecule has 2 amide bonds. The summed E-state index contributed by atoms with van der Waals surface area (Å²) >= 11 is 0. The van der Waals surface area contributed by atoms with Gasteiger partial charge in [-0.15, -0.1) is 0 Å². The van der Waals surface area contributed by atoms with Gasteiger partial charge < -0.3 is 31.5 Å². The number of alkyl halides is 6. The van der Waals surface area contributed by atoms with Gasteiger partial charge in [0.1, 0.15) is 11.7 Å². The highest BCUT2D eigenvalue weighted by Crippen LogP contribution is 2.15. The molecule has 2 aliphatic heterocycles. The summed E-state index contributed by atoms with van der Waals surface area (Å²) in [4.78, 5) is 51.2. The standard InChI is InChI=1S/C30H28N6O2.2C2HF3O2/c37-27(35-25-11-7-23(8-12-25)29-31-17-18-32-29)15-5-21-1-2-22(4-3-21)6-16-28(38)36-26-13-9-24(10-14-26)30-33-19-20-34-30;2*3-2(4,5)1(6)7/h1-16H,17-20H2,(H,31,32)(H,33,34)(H,35,37)(H,36,38);2*(H,6,7)/b15-5+,16-6+;;. The highest BCUT2D eigenvalue weighted by molar-refractivity contribution is 6.04. The predicted octanol–water partition coefficient (Wildman–Crippen LogP) is 4.96. The third-order valence-electron chi connectivity index (χ3n) is 6.48. The molecule has 0 spiro atoms. The van der Waals surface area contributed by atoms with Crippen LogP contribution in [-0.2, 0) is 19.2 Å². The van der Waals surface area contributed by atoms with Gasteiger partial charge in [-0.3, -0.25) is 19.6 Å². The molecule has 18 heteroatoms. The van der Waals surface area contributed by atoms with E-state index >= 15 is 0 Å². The van der Waals surface area contributed by atoms with Crippen molar-refractivity contribution in [3.05, 3.63) is 107 Å². The number of amidine groups is 2. The Bertz CT molecular complexity index is 1700. The molecular formula is C34H30F6N6O6. The molecule has 0 saturated carbocycles. The fourth-order valence-corrected chi connectivity index (χ4v) is 4.04. The van der Waals surface area contributed by atoms with Crippen molar-refractivity contribution < 1.29 is 55.7 Å². The largest absolute Gasteiger partial charge is 0.490 e. The van der Waals surface area contributed by atoms with Crippen LogP contribution in [0.1, 0.15) is 22.3 Å². The number of nitrogens with zero attached hydrogens (tertiary/aromatic N) is 2. The van der Waals surface area contributed by atoms with Crippen LogP contribution in [0.5, 0.6) is 0 Å². The van der Waals surface area contributed by atoms with Gasteiger partial charge in [-0.1, -0.05) is 24.3 Å². The molecule has 52 heavy (non-hydrogen) atoms. The number of hydrogen-bond acceptors (Lipinski definition) is 8. The Hall–Kier alpha value is -6.46. The summed E-state index contributed by atoms with van der Waals surface area (Å²) in [5, 5.41) is 26.4. The first-order valence-corrected chi connectivity index (χ1v) is 15.0. The Kier molecular flexibility index (Phi) is 14.2. The Balaban J connectivity index is 0.000000441. The highest BCUT2D eigenvalue weighted by atomic mass is 19.4. The van der Waals surface area contributed by atoms with E-state index in [0.717, 1.165) is 71.5 Å². The van der Waals surface area contributed by atoms with E-state index in [9.17, 15) is 35.9 Å². The summed E-state index contributed by atoms with van der Waals surface area (Å²) in [6.45, 7) is 3.29. The van der Waals surface area contributed by atoms with E-state index in [0.29, 0.717) is 0 Å². The number of rotatable bonds is 8. The monoisotopic (exact) mass is 732 g/mol. The van der Waals surface area contributed by atoms with Crippen molar-refractivity contribution >= 4 is 59.0 Å². The third-order valence-corrected chi connectivity index (χ3v) is 6.48. The second-order valence-corrected chi connectivity index (χ2v) is 10.4. The van der Waals surface area contributed by atoms with Crippen molar-refractivity contribution in [2.75, 3.05) is 36.8 Å². The number of hydrogen-bond donors (Lipinski definition) is 6. The van der Waals surface area contributed by atoms with E-state index in [1.54, 1.807) is 12.2 Å². The highest BCUT2D eigenvalue weighted by Gasteiger charge is 2.38. The molecule has 5 rings (SSSR count). The van der Waals surface area contributed by atoms with Crippen molar-refractivity contribution in [2.45, 2.75) is 12.4 Å². The number of nitrogens with one attached hydrogen (secondary N) is 4. The van der Waals surface area contributed by atoms with Gasteiger partial charge in [0, 0.05) is 47.7 Å². The number of benzene rings is 3. The van der Waals surface area contributed by atoms with Crippen LogP contribution in [0.3, 0.4) is 0 Å². The van der Waals surface area contributed by atoms with Crippen LogP contribution in [0.2, 0.25) is 0 Å². The number of halogens is 6. The SMILES string of the molecule is O=C(/C=C/c1ccc(/C=C/C(=O)Nc2ccc(C3=NCCN3)cc2)cc1)Nc1ccc(C2=NCCN2)cc1.O=C(O)C(F)(F)F.O=C(O)C(F)(F)F. The van der Waals surface area contributed by atoms with Gasteiger partial charge >= 0.3 is 24.3 Å². The molecule has 0 atom stereocenters. The normalized spacial score (nSPS) is 13.7. The summed E-state index contributed by atoms with van der Waals surface area (Å²) in [5.74, 6) is -4.16. The molecule has 0 saturated heterocycles. The molecule has 0 radical (unpaired) electrons. The lowest BCUT2D eigenvalue weighted by molar-refractivity contribution is -0.193. The van der Waals surface area contributed by atoms with Crippen molar-refractivity contribution in [3.63, 3.8) is 0 Å². The smallest absolute Gasteiger partial charge is 0.475 e. The van der Waals surface area contributed by atoms with Crippen LogP contribution in [0.25, 0.3) is 12.2 Å². The number of carbonyl (C=O) groups excluding carboxylic acids is 2. The molecule has 3 aromatic carbocycles. The van der Waals surface area contributed by atoms with Crippen LogP contribution in [0, 0.1) is 0 Å². The molecule has 0 fully saturated rings. The summed E-state index contributed by atoms with van der Waals surface area (Å²) < 4.78 is 63.5. The molecule has 0 bridgehead atoms. The molecule has 0 aromatic heterocycles. The van der Waals surface area contributed by atoms with Crippen LogP contribution in [0.15, 0.2) is 94.9 Å². The summed E-state index contributed by atoms with van der Waals surface area (Å²) in [6.07, 6.45) is -3.68. The van der Waals surface area contributed by atoms with Gasteiger partial charge in [0.15, 0.2) is 0 Å². The van der Waals surface area contributed by atoms with Gasteiger partial charge in [-0.2, -0.15) is 26.3 Å². The van der Waals surface area contributed by atoms with Crippen LogP contribution >= 0.6 is 0 Å². The predicted molar refractivity (Wildman–Crippen MR) is 181 cm³/mol. The average Bonchev–Trinajstić information content (AvgIpc) is 3.83. The zero-order valence-corrected chi connectivity index (χ0v) is 26.8. The van der Waals surface area contributed by atoms with Gasteiger partial charge in [-0.25, -0.2) is 9.59 Å². The lowest BCUT2D eigenvalue weighted by atomic mass is 10.1. The molecule has 0 unspecified atom stereocenters. The first kappa shape index (κ1) is 40.0. The van der Waals surface area contributed by atoms with Gasteiger partial charge in [0.05, 0.1) is 13.1 Å². The van der Waals surface area contributed by atoms with E-state index < -0.39 is 24.3 Å². The Morgan fingerprint density at radius 1 is 0.577 bits per heavy atom. The molecule has 0 aliphatic carbocycles. The molecular weight excluding hydrogens is 702 g/mol. The lowest BCUT2D eigenvalue weighted by Gasteiger charge is -2.05. The summed E-state index contributed by atoms with van der Waals surface area (Å²) in [6, 6.07) is 22.7. The van der Waals surface area contributed by atoms with E-state index in [2.05, 4.69) is 31.3 Å². The minimum absolute atomic E-state index is 0.213. The topological polar surface area (TPSA) is 182 Å². The molecule has 2 aliphatic rings. The fraction of sp³-hybridized carbons (Fsp3) is 0.176. The first-order valence-electron chi connectivity index (χ1n) is 15.0. The quantitative estimate of drug-likeness (QED) is 0.139. The average molecular weight is 733 g/mol. The Labute approximate surface area is 291 Å². The number of aliphatic carboxylic acids is 2. The molecule has 3 aromatic rings. The zero-order chi connectivity index (χ0) is 38.3. The maximum absolute atomic E-state index is 12.3. The third kappa shape index (κ3) is 13.8. The van der Waals surface area contributed by atoms with Gasteiger partial charge in [-0.05, 0) is 71.8 Å². The summed E-state index contributed by atoms with van der Waals surface area (Å²) in [5.41, 5.74) is 5.20. The number of carbonyl (C=O) groups is 4. The summed E-state index contributed by atoms with van der Waals surface area (Å²) in [7, 11) is 0. The van der Waals surface area contributed by atoms with Crippen LogP contribution in [-0.4, -0.2) is 84.2 Å². The van der Waals surface area contributed by atoms with Gasteiger partial charge in [0.2, 0.25) is 11.8 Å². The molecule has 274 valence electrons. The first-order chi connectivity index (χ1) is 24.5. The van der Waals surface area contributed by atoms with Crippen molar-refractivity contribution in [3.8, 4) is 0 Å². The maximum Gasteiger partial charge on any atom is 0.490 e. The van der Waals surface area contributed by atoms with Crippen LogP contribution in [0.4, 0.5) is 37.7 Å². The number of carboxylic acid groups (broad SMARTS) is 2. The fourth-order valence-electron chi connectivity index (χ4n) is 4.04. The van der Waals surface area contributed by atoms with E-state index in [4.69, 9.17) is 19.8 Å². The van der Waals surface area contributed by atoms with Gasteiger partial charge in [0.25, 0.3) is 0 Å². The van der Waals surface area contributed by atoms with E-state index in [1.165, 1.54) is 12.2 Å². The number of aliphatic imine (C=N–C) groups is 2. The number of carboxylic acids is 2. The number of anilines is 2. The van der Waals surface area contributed by atoms with Crippen LogP contribution < -0.4 is 21.3 Å². The number of amides is 2. The molecule has 2 heterocycles. The van der Waals surface area contributed by atoms with E-state index in [-0.39, 0.29) is 11.8 Å². The molecule has 6 N–H and O–H groups in total. The van der Waals surface area contributed by atoms with Crippen molar-refractivity contribution in [1.82, 2.24) is 10.6 Å². The van der Waals surface area contributed by atoms with E-state index in [1.807, 2.05) is 72.8 Å². The second kappa shape index (κ2) is 18.5. The minimum atomic E-state index is -5.08. The molecule has 12 nitrogen and oxygen atoms in total. The zero-order valence-electron chi connectivity index (χ0n) is 26.8. The van der Waals surface area contributed by atoms with Crippen molar-refractivity contribution in [2.24, 2.45) is 9.98 Å². The second-order valence-electron chi connectivity index (χ2n) is 10.4. The maximum atomic E-state index is 12.3.